The molecular formula is C13H13FN4O3. The average Bonchev–Trinajstić information content (AvgIpc) is 3.23. The van der Waals surface area contributed by atoms with Crippen molar-refractivity contribution >= 4 is 17.3 Å². The molecule has 2 N–H and O–H groups in total. The van der Waals surface area contributed by atoms with E-state index in [1.54, 1.807) is 0 Å². The van der Waals surface area contributed by atoms with Crippen LogP contribution in [-0.4, -0.2) is 28.3 Å². The fraction of sp³-hybridized carbons (Fsp3) is 0.385. The average molecular weight is 292 g/mol. The highest BCUT2D eigenvalue weighted by Crippen LogP contribution is 2.33. The van der Waals surface area contributed by atoms with Crippen molar-refractivity contribution in [2.45, 2.75) is 25.3 Å². The van der Waals surface area contributed by atoms with Crippen molar-refractivity contribution in [3.05, 3.63) is 33.6 Å². The molecule has 0 saturated heterocycles. The van der Waals surface area contributed by atoms with Crippen LogP contribution in [0.3, 0.4) is 0 Å². The van der Waals surface area contributed by atoms with Gasteiger partial charge in [0.05, 0.1) is 17.4 Å². The maximum absolute atomic E-state index is 13.9. The maximum atomic E-state index is 13.9. The lowest BCUT2D eigenvalue weighted by Crippen LogP contribution is -2.35. The Hall–Kier alpha value is -2.69. The van der Waals surface area contributed by atoms with Gasteiger partial charge in [0.1, 0.15) is 17.1 Å². The van der Waals surface area contributed by atoms with E-state index in [9.17, 15) is 19.3 Å². The molecule has 0 heterocycles. The molecule has 1 amide bonds. The molecule has 1 aromatic rings. The number of carbonyl (C=O) groups is 1. The third-order valence-corrected chi connectivity index (χ3v) is 3.30. The molecule has 0 bridgehead atoms. The van der Waals surface area contributed by atoms with Crippen LogP contribution in [-0.2, 0) is 0 Å². The molecule has 0 aliphatic heterocycles. The number of nitrogen functional groups attached to an aromatic ring is 1. The fourth-order valence-electron chi connectivity index (χ4n) is 2.11. The van der Waals surface area contributed by atoms with Crippen LogP contribution in [0.1, 0.15) is 29.6 Å². The summed E-state index contributed by atoms with van der Waals surface area (Å²) >= 11 is 0. The molecule has 1 aliphatic rings. The summed E-state index contributed by atoms with van der Waals surface area (Å²) in [5.74, 6) is -1.60. The van der Waals surface area contributed by atoms with Gasteiger partial charge in [0, 0.05) is 18.7 Å². The van der Waals surface area contributed by atoms with E-state index >= 15 is 0 Å². The zero-order chi connectivity index (χ0) is 15.6. The molecule has 8 heteroatoms. The molecule has 0 spiro atoms. The molecule has 1 fully saturated rings. The van der Waals surface area contributed by atoms with Crippen molar-refractivity contribution in [1.82, 2.24) is 4.90 Å². The molecule has 0 radical (unpaired) electrons. The first-order valence-corrected chi connectivity index (χ1v) is 6.37. The third-order valence-electron chi connectivity index (χ3n) is 3.30. The minimum atomic E-state index is -0.897. The second-order valence-corrected chi connectivity index (χ2v) is 4.75. The number of halogens is 1. The number of anilines is 1. The highest BCUT2D eigenvalue weighted by atomic mass is 19.1. The second-order valence-electron chi connectivity index (χ2n) is 4.75. The lowest BCUT2D eigenvalue weighted by Gasteiger charge is -2.22. The van der Waals surface area contributed by atoms with Crippen molar-refractivity contribution in [3.8, 4) is 6.07 Å². The first kappa shape index (κ1) is 14.7. The zero-order valence-corrected chi connectivity index (χ0v) is 11.1. The monoisotopic (exact) mass is 292 g/mol. The van der Waals surface area contributed by atoms with E-state index < -0.39 is 33.6 Å². The molecule has 1 saturated carbocycles. The number of benzene rings is 1. The Morgan fingerprint density at radius 1 is 1.57 bits per heavy atom. The minimum Gasteiger partial charge on any atom is -0.392 e. The molecular weight excluding hydrogens is 279 g/mol. The molecule has 21 heavy (non-hydrogen) atoms. The van der Waals surface area contributed by atoms with Crippen molar-refractivity contribution in [3.63, 3.8) is 0 Å². The predicted octanol–water partition coefficient (Wildman–Crippen LogP) is 1.83. The summed E-state index contributed by atoms with van der Waals surface area (Å²) in [6.45, 7) is 0.154. The van der Waals surface area contributed by atoms with E-state index in [1.165, 1.54) is 4.90 Å². The smallest absolute Gasteiger partial charge is 0.293 e. The maximum Gasteiger partial charge on any atom is 0.293 e. The molecule has 1 aliphatic carbocycles. The van der Waals surface area contributed by atoms with E-state index in [-0.39, 0.29) is 19.0 Å². The Kier molecular flexibility index (Phi) is 4.03. The quantitative estimate of drug-likeness (QED) is 0.505. The van der Waals surface area contributed by atoms with Crippen molar-refractivity contribution in [1.29, 1.82) is 5.26 Å². The van der Waals surface area contributed by atoms with Gasteiger partial charge in [-0.2, -0.15) is 5.26 Å². The van der Waals surface area contributed by atoms with Crippen LogP contribution in [0.5, 0.6) is 0 Å². The minimum absolute atomic E-state index is 0.0519. The SMILES string of the molecule is N#CCCN(C(=O)c1c(F)ccc([N+](=O)[O-])c1N)C1CC1. The number of hydrogen-bond donors (Lipinski definition) is 1. The molecule has 0 atom stereocenters. The molecule has 1 aromatic carbocycles. The Morgan fingerprint density at radius 2 is 2.24 bits per heavy atom. The van der Waals surface area contributed by atoms with E-state index in [2.05, 4.69) is 0 Å². The summed E-state index contributed by atoms with van der Waals surface area (Å²) < 4.78 is 13.9. The third kappa shape index (κ3) is 2.91. The molecule has 7 nitrogen and oxygen atoms in total. The Bertz CT molecular complexity index is 637. The van der Waals surface area contributed by atoms with Gasteiger partial charge in [0.15, 0.2) is 0 Å². The van der Waals surface area contributed by atoms with Crippen LogP contribution in [0.4, 0.5) is 15.8 Å². The number of nitrogens with two attached hydrogens (primary N) is 1. The number of nitrogens with zero attached hydrogens (tertiary/aromatic N) is 3. The lowest BCUT2D eigenvalue weighted by molar-refractivity contribution is -0.384. The standard InChI is InChI=1S/C13H13FN4O3/c14-9-4-5-10(18(20)21)12(16)11(9)13(19)17(7-1-6-15)8-2-3-8/h4-5,8H,1-3,7,16H2. The topological polar surface area (TPSA) is 113 Å². The van der Waals surface area contributed by atoms with Crippen molar-refractivity contribution < 1.29 is 14.1 Å². The van der Waals surface area contributed by atoms with Gasteiger partial charge in [-0.1, -0.05) is 0 Å². The molecule has 0 unspecified atom stereocenters. The zero-order valence-electron chi connectivity index (χ0n) is 11.1. The van der Waals surface area contributed by atoms with Crippen LogP contribution in [0.25, 0.3) is 0 Å². The first-order valence-electron chi connectivity index (χ1n) is 6.37. The number of hydrogen-bond acceptors (Lipinski definition) is 5. The van der Waals surface area contributed by atoms with Crippen LogP contribution < -0.4 is 5.73 Å². The predicted molar refractivity (Wildman–Crippen MR) is 71.8 cm³/mol. The van der Waals surface area contributed by atoms with Gasteiger partial charge in [0.2, 0.25) is 0 Å². The lowest BCUT2D eigenvalue weighted by atomic mass is 10.1. The van der Waals surface area contributed by atoms with Crippen LogP contribution in [0.2, 0.25) is 0 Å². The second kappa shape index (κ2) is 5.75. The number of rotatable bonds is 5. The Balaban J connectivity index is 2.39. The van der Waals surface area contributed by atoms with E-state index in [1.807, 2.05) is 6.07 Å². The van der Waals surface area contributed by atoms with Gasteiger partial charge >= 0.3 is 0 Å². The number of amides is 1. The number of carbonyl (C=O) groups excluding carboxylic acids is 1. The largest absolute Gasteiger partial charge is 0.392 e. The van der Waals surface area contributed by atoms with Crippen LogP contribution in [0.15, 0.2) is 12.1 Å². The first-order chi connectivity index (χ1) is 9.97. The van der Waals surface area contributed by atoms with Crippen LogP contribution in [0, 0.1) is 27.3 Å². The van der Waals surface area contributed by atoms with Crippen molar-refractivity contribution in [2.24, 2.45) is 0 Å². The van der Waals surface area contributed by atoms with Gasteiger partial charge in [-0.25, -0.2) is 4.39 Å². The summed E-state index contributed by atoms with van der Waals surface area (Å²) in [4.78, 5) is 23.9. The molecule has 2 rings (SSSR count). The highest BCUT2D eigenvalue weighted by Gasteiger charge is 2.35. The molecule has 0 aromatic heterocycles. The van der Waals surface area contributed by atoms with Gasteiger partial charge in [-0.3, -0.25) is 14.9 Å². The van der Waals surface area contributed by atoms with Crippen LogP contribution >= 0.6 is 0 Å². The van der Waals surface area contributed by atoms with E-state index in [4.69, 9.17) is 11.0 Å². The Morgan fingerprint density at radius 3 is 2.76 bits per heavy atom. The van der Waals surface area contributed by atoms with E-state index in [0.717, 1.165) is 25.0 Å². The number of nitro groups is 1. The summed E-state index contributed by atoms with van der Waals surface area (Å²) in [6.07, 6.45) is 1.65. The summed E-state index contributed by atoms with van der Waals surface area (Å²) in [5.41, 5.74) is 4.10. The van der Waals surface area contributed by atoms with E-state index in [0.29, 0.717) is 0 Å². The summed E-state index contributed by atoms with van der Waals surface area (Å²) in [6, 6.07) is 3.65. The molecule has 110 valence electrons. The summed E-state index contributed by atoms with van der Waals surface area (Å²) in [7, 11) is 0. The summed E-state index contributed by atoms with van der Waals surface area (Å²) in [5, 5.41) is 19.5. The fourth-order valence-corrected chi connectivity index (χ4v) is 2.11. The number of nitriles is 1. The van der Waals surface area contributed by atoms with Crippen molar-refractivity contribution in [2.75, 3.05) is 12.3 Å². The van der Waals surface area contributed by atoms with Gasteiger partial charge in [0.25, 0.3) is 11.6 Å². The van der Waals surface area contributed by atoms with Gasteiger partial charge in [-0.15, -0.1) is 0 Å². The van der Waals surface area contributed by atoms with Gasteiger partial charge < -0.3 is 10.6 Å². The van der Waals surface area contributed by atoms with Gasteiger partial charge in [-0.05, 0) is 18.9 Å². The number of nitro benzene ring substituents is 1. The normalized spacial score (nSPS) is 13.5. The highest BCUT2D eigenvalue weighted by molar-refractivity contribution is 6.01. The Labute approximate surface area is 119 Å².